The van der Waals surface area contributed by atoms with Crippen molar-refractivity contribution < 1.29 is 14.3 Å². The minimum atomic E-state index is -0.884. The summed E-state index contributed by atoms with van der Waals surface area (Å²) in [6.07, 6.45) is 2.93. The van der Waals surface area contributed by atoms with Crippen molar-refractivity contribution in [3.05, 3.63) is 17.8 Å². The predicted octanol–water partition coefficient (Wildman–Crippen LogP) is 1.97. The largest absolute Gasteiger partial charge is 0.448 e. The van der Waals surface area contributed by atoms with Crippen LogP contribution in [0.15, 0.2) is 10.8 Å². The molecule has 114 valence electrons. The molecule has 0 aliphatic rings. The van der Waals surface area contributed by atoms with Crippen LogP contribution in [0.5, 0.6) is 0 Å². The summed E-state index contributed by atoms with van der Waals surface area (Å²) in [4.78, 5) is 15.6. The first-order chi connectivity index (χ1) is 9.30. The molecule has 0 saturated heterocycles. The van der Waals surface area contributed by atoms with Crippen molar-refractivity contribution in [1.29, 1.82) is 0 Å². The van der Waals surface area contributed by atoms with E-state index >= 15 is 0 Å². The van der Waals surface area contributed by atoms with Crippen LogP contribution in [0.3, 0.4) is 0 Å². The fourth-order valence-electron chi connectivity index (χ4n) is 1.68. The predicted molar refractivity (Wildman–Crippen MR) is 76.2 cm³/mol. The summed E-state index contributed by atoms with van der Waals surface area (Å²) in [7, 11) is 0. The Balaban J connectivity index is 2.27. The molecule has 0 aliphatic heterocycles. The molecule has 0 aliphatic carbocycles. The highest BCUT2D eigenvalue weighted by Crippen LogP contribution is 2.15. The standard InChI is InChI=1S/C14H25N3O3/c1-10(2)5-6-14(4,19)8-16-13(18)15-7-12-11(3)20-9-17-12/h9-10,19H,5-8H2,1-4H3,(H2,15,16,18). The molecule has 0 bridgehead atoms. The van der Waals surface area contributed by atoms with E-state index in [0.717, 1.165) is 6.42 Å². The summed E-state index contributed by atoms with van der Waals surface area (Å²) < 4.78 is 5.04. The van der Waals surface area contributed by atoms with E-state index in [-0.39, 0.29) is 12.6 Å². The van der Waals surface area contributed by atoms with Crippen molar-refractivity contribution in [3.63, 3.8) is 0 Å². The van der Waals surface area contributed by atoms with Crippen molar-refractivity contribution in [2.75, 3.05) is 6.54 Å². The van der Waals surface area contributed by atoms with Gasteiger partial charge in [-0.1, -0.05) is 13.8 Å². The molecule has 6 nitrogen and oxygen atoms in total. The molecule has 0 fully saturated rings. The molecule has 0 saturated carbocycles. The Morgan fingerprint density at radius 2 is 2.20 bits per heavy atom. The fourth-order valence-corrected chi connectivity index (χ4v) is 1.68. The second kappa shape index (κ2) is 7.28. The van der Waals surface area contributed by atoms with Crippen molar-refractivity contribution in [2.45, 2.75) is 52.7 Å². The van der Waals surface area contributed by atoms with Crippen LogP contribution in [-0.2, 0) is 6.54 Å². The number of aromatic nitrogens is 1. The van der Waals surface area contributed by atoms with Crippen LogP contribution in [0.4, 0.5) is 4.79 Å². The van der Waals surface area contributed by atoms with E-state index in [4.69, 9.17) is 4.42 Å². The quantitative estimate of drug-likeness (QED) is 0.714. The zero-order chi connectivity index (χ0) is 15.2. The first kappa shape index (κ1) is 16.5. The number of hydrogen-bond acceptors (Lipinski definition) is 4. The summed E-state index contributed by atoms with van der Waals surface area (Å²) in [6.45, 7) is 8.27. The summed E-state index contributed by atoms with van der Waals surface area (Å²) >= 11 is 0. The highest BCUT2D eigenvalue weighted by Gasteiger charge is 2.21. The molecular formula is C14H25N3O3. The lowest BCUT2D eigenvalue weighted by Crippen LogP contribution is -2.44. The number of oxazole rings is 1. The van der Waals surface area contributed by atoms with Gasteiger partial charge in [-0.25, -0.2) is 9.78 Å². The first-order valence-corrected chi connectivity index (χ1v) is 6.93. The van der Waals surface area contributed by atoms with E-state index in [2.05, 4.69) is 29.5 Å². The number of amides is 2. The summed E-state index contributed by atoms with van der Waals surface area (Å²) in [5, 5.41) is 15.5. The maximum atomic E-state index is 11.6. The molecule has 20 heavy (non-hydrogen) atoms. The Hall–Kier alpha value is -1.56. The van der Waals surface area contributed by atoms with E-state index in [0.29, 0.717) is 30.3 Å². The zero-order valence-electron chi connectivity index (χ0n) is 12.7. The van der Waals surface area contributed by atoms with Gasteiger partial charge in [0.1, 0.15) is 11.5 Å². The van der Waals surface area contributed by atoms with Crippen molar-refractivity contribution in [1.82, 2.24) is 15.6 Å². The molecule has 1 aromatic heterocycles. The van der Waals surface area contributed by atoms with Gasteiger partial charge in [0.2, 0.25) is 0 Å². The van der Waals surface area contributed by atoms with Gasteiger partial charge in [0.05, 0.1) is 12.1 Å². The second-order valence-electron chi connectivity index (χ2n) is 5.82. The molecule has 1 heterocycles. The zero-order valence-corrected chi connectivity index (χ0v) is 12.7. The third-order valence-electron chi connectivity index (χ3n) is 3.15. The van der Waals surface area contributed by atoms with Crippen LogP contribution in [0, 0.1) is 12.8 Å². The van der Waals surface area contributed by atoms with E-state index in [1.54, 1.807) is 13.8 Å². The molecule has 0 spiro atoms. The Labute approximate surface area is 120 Å². The van der Waals surface area contributed by atoms with Gasteiger partial charge in [-0.15, -0.1) is 0 Å². The minimum Gasteiger partial charge on any atom is -0.448 e. The number of aryl methyl sites for hydroxylation is 1. The Morgan fingerprint density at radius 3 is 2.75 bits per heavy atom. The van der Waals surface area contributed by atoms with Crippen LogP contribution in [-0.4, -0.2) is 28.3 Å². The van der Waals surface area contributed by atoms with Gasteiger partial charge >= 0.3 is 6.03 Å². The average molecular weight is 283 g/mol. The number of carbonyl (C=O) groups is 1. The van der Waals surface area contributed by atoms with Gasteiger partial charge in [-0.3, -0.25) is 0 Å². The number of carbonyl (C=O) groups excluding carboxylic acids is 1. The number of aliphatic hydroxyl groups is 1. The van der Waals surface area contributed by atoms with E-state index < -0.39 is 5.60 Å². The molecule has 1 rings (SSSR count). The molecule has 2 amide bonds. The lowest BCUT2D eigenvalue weighted by atomic mass is 9.95. The number of rotatable bonds is 7. The minimum absolute atomic E-state index is 0.226. The molecule has 3 N–H and O–H groups in total. The van der Waals surface area contributed by atoms with Crippen LogP contribution in [0.25, 0.3) is 0 Å². The number of nitrogens with zero attached hydrogens (tertiary/aromatic N) is 1. The van der Waals surface area contributed by atoms with Gasteiger partial charge in [0.25, 0.3) is 0 Å². The molecule has 1 aromatic rings. The van der Waals surface area contributed by atoms with Crippen molar-refractivity contribution in [3.8, 4) is 0 Å². The maximum Gasteiger partial charge on any atom is 0.315 e. The Morgan fingerprint density at radius 1 is 1.50 bits per heavy atom. The lowest BCUT2D eigenvalue weighted by Gasteiger charge is -2.24. The second-order valence-corrected chi connectivity index (χ2v) is 5.82. The molecular weight excluding hydrogens is 258 g/mol. The third kappa shape index (κ3) is 6.06. The van der Waals surface area contributed by atoms with Crippen molar-refractivity contribution >= 4 is 6.03 Å². The Bertz CT molecular complexity index is 427. The van der Waals surface area contributed by atoms with E-state index in [9.17, 15) is 9.90 Å². The van der Waals surface area contributed by atoms with E-state index in [1.165, 1.54) is 6.39 Å². The van der Waals surface area contributed by atoms with Gasteiger partial charge in [-0.05, 0) is 32.6 Å². The van der Waals surface area contributed by atoms with E-state index in [1.807, 2.05) is 0 Å². The highest BCUT2D eigenvalue weighted by atomic mass is 16.3. The Kier molecular flexibility index (Phi) is 6.01. The van der Waals surface area contributed by atoms with Crippen LogP contribution in [0.2, 0.25) is 0 Å². The number of hydrogen-bond donors (Lipinski definition) is 3. The maximum absolute atomic E-state index is 11.6. The van der Waals surface area contributed by atoms with Crippen molar-refractivity contribution in [2.24, 2.45) is 5.92 Å². The normalized spacial score (nSPS) is 14.1. The number of urea groups is 1. The molecule has 0 radical (unpaired) electrons. The van der Waals surface area contributed by atoms with Gasteiger partial charge in [0.15, 0.2) is 6.39 Å². The number of nitrogens with one attached hydrogen (secondary N) is 2. The molecule has 1 atom stereocenters. The SMILES string of the molecule is Cc1ocnc1CNC(=O)NCC(C)(O)CCC(C)C. The first-order valence-electron chi connectivity index (χ1n) is 6.93. The summed E-state index contributed by atoms with van der Waals surface area (Å²) in [5.41, 5.74) is -0.183. The van der Waals surface area contributed by atoms with Crippen LogP contribution < -0.4 is 10.6 Å². The van der Waals surface area contributed by atoms with Crippen LogP contribution >= 0.6 is 0 Å². The fraction of sp³-hybridized carbons (Fsp3) is 0.714. The monoisotopic (exact) mass is 283 g/mol. The average Bonchev–Trinajstić information content (AvgIpc) is 2.77. The third-order valence-corrected chi connectivity index (χ3v) is 3.15. The lowest BCUT2D eigenvalue weighted by molar-refractivity contribution is 0.0476. The molecule has 0 aromatic carbocycles. The molecule has 1 unspecified atom stereocenters. The van der Waals surface area contributed by atoms with Gasteiger partial charge in [-0.2, -0.15) is 0 Å². The summed E-state index contributed by atoms with van der Waals surface area (Å²) in [5.74, 6) is 1.22. The van der Waals surface area contributed by atoms with Gasteiger partial charge < -0.3 is 20.2 Å². The molecule has 6 heteroatoms. The van der Waals surface area contributed by atoms with Gasteiger partial charge in [0, 0.05) is 6.54 Å². The summed E-state index contributed by atoms with van der Waals surface area (Å²) in [6, 6.07) is -0.322. The topological polar surface area (TPSA) is 87.4 Å². The smallest absolute Gasteiger partial charge is 0.315 e. The van der Waals surface area contributed by atoms with Crippen LogP contribution in [0.1, 0.15) is 45.1 Å². The highest BCUT2D eigenvalue weighted by molar-refractivity contribution is 5.73.